The molecule has 9 nitrogen and oxygen atoms in total. The Bertz CT molecular complexity index is 1310. The van der Waals surface area contributed by atoms with Crippen LogP contribution in [0.15, 0.2) is 36.7 Å². The SMILES string of the molecule is Cc1c(-c2ccnc(NCc3ccc4c(c3)OCCO4)n2)cnc2nc(C(F)(F)F)nn12. The molecular formula is C20H16F3N7O2. The third-order valence-corrected chi connectivity index (χ3v) is 4.85. The average Bonchev–Trinajstić information content (AvgIpc) is 3.24. The summed E-state index contributed by atoms with van der Waals surface area (Å²) in [6.45, 7) is 3.10. The quantitative estimate of drug-likeness (QED) is 0.513. The Kier molecular flexibility index (Phi) is 4.76. The highest BCUT2D eigenvalue weighted by Crippen LogP contribution is 2.31. The van der Waals surface area contributed by atoms with Crippen molar-refractivity contribution in [3.8, 4) is 22.8 Å². The van der Waals surface area contributed by atoms with Crippen molar-refractivity contribution in [2.45, 2.75) is 19.6 Å². The molecule has 0 saturated carbocycles. The summed E-state index contributed by atoms with van der Waals surface area (Å²) >= 11 is 0. The first-order chi connectivity index (χ1) is 15.4. The Morgan fingerprint density at radius 1 is 1.06 bits per heavy atom. The molecule has 0 bridgehead atoms. The largest absolute Gasteiger partial charge is 0.486 e. The van der Waals surface area contributed by atoms with Gasteiger partial charge in [0.05, 0.1) is 11.4 Å². The Morgan fingerprint density at radius 3 is 2.69 bits per heavy atom. The molecule has 0 spiro atoms. The second kappa shape index (κ2) is 7.62. The van der Waals surface area contributed by atoms with Gasteiger partial charge in [-0.3, -0.25) is 0 Å². The van der Waals surface area contributed by atoms with Crippen molar-refractivity contribution in [1.29, 1.82) is 0 Å². The fourth-order valence-electron chi connectivity index (χ4n) is 3.29. The van der Waals surface area contributed by atoms with Crippen molar-refractivity contribution >= 4 is 11.7 Å². The van der Waals surface area contributed by atoms with E-state index in [4.69, 9.17) is 9.47 Å². The average molecular weight is 443 g/mol. The van der Waals surface area contributed by atoms with Gasteiger partial charge < -0.3 is 14.8 Å². The lowest BCUT2D eigenvalue weighted by molar-refractivity contribution is -0.144. The maximum Gasteiger partial charge on any atom is 0.453 e. The minimum absolute atomic E-state index is 0.135. The van der Waals surface area contributed by atoms with E-state index in [0.717, 1.165) is 10.1 Å². The number of halogens is 3. The molecule has 4 aromatic rings. The molecule has 1 aliphatic rings. The number of nitrogens with one attached hydrogen (secondary N) is 1. The number of alkyl halides is 3. The normalized spacial score (nSPS) is 13.4. The smallest absolute Gasteiger partial charge is 0.453 e. The van der Waals surface area contributed by atoms with Gasteiger partial charge in [-0.2, -0.15) is 18.2 Å². The van der Waals surface area contributed by atoms with Crippen LogP contribution >= 0.6 is 0 Å². The zero-order valence-electron chi connectivity index (χ0n) is 16.7. The number of benzene rings is 1. The van der Waals surface area contributed by atoms with E-state index in [9.17, 15) is 13.2 Å². The number of hydrogen-bond acceptors (Lipinski definition) is 8. The fraction of sp³-hybridized carbons (Fsp3) is 0.250. The molecule has 3 aromatic heterocycles. The Morgan fingerprint density at radius 2 is 1.88 bits per heavy atom. The fourth-order valence-corrected chi connectivity index (χ4v) is 3.29. The lowest BCUT2D eigenvalue weighted by Gasteiger charge is -2.19. The Labute approximate surface area is 179 Å². The van der Waals surface area contributed by atoms with Crippen molar-refractivity contribution in [2.75, 3.05) is 18.5 Å². The van der Waals surface area contributed by atoms with E-state index in [-0.39, 0.29) is 5.78 Å². The summed E-state index contributed by atoms with van der Waals surface area (Å²) < 4.78 is 51.0. The van der Waals surface area contributed by atoms with Crippen LogP contribution in [0.3, 0.4) is 0 Å². The second-order valence-corrected chi connectivity index (χ2v) is 7.00. The van der Waals surface area contributed by atoms with Gasteiger partial charge in [-0.05, 0) is 30.7 Å². The molecule has 0 atom stereocenters. The van der Waals surface area contributed by atoms with E-state index in [1.807, 2.05) is 18.2 Å². The monoisotopic (exact) mass is 443 g/mol. The van der Waals surface area contributed by atoms with Crippen LogP contribution in [-0.4, -0.2) is 42.8 Å². The molecule has 32 heavy (non-hydrogen) atoms. The molecule has 1 aromatic carbocycles. The van der Waals surface area contributed by atoms with Gasteiger partial charge in [-0.25, -0.2) is 19.5 Å². The third kappa shape index (κ3) is 3.74. The molecule has 0 amide bonds. The molecular weight excluding hydrogens is 427 g/mol. The summed E-state index contributed by atoms with van der Waals surface area (Å²) in [5.74, 6) is 0.371. The van der Waals surface area contributed by atoms with Gasteiger partial charge in [0.25, 0.3) is 11.6 Å². The molecule has 0 radical (unpaired) electrons. The second-order valence-electron chi connectivity index (χ2n) is 7.00. The maximum atomic E-state index is 12.9. The summed E-state index contributed by atoms with van der Waals surface area (Å²) in [5, 5.41) is 6.68. The highest BCUT2D eigenvalue weighted by Gasteiger charge is 2.36. The first-order valence-electron chi connectivity index (χ1n) is 9.64. The molecule has 0 aliphatic carbocycles. The van der Waals surface area contributed by atoms with Gasteiger partial charge in [0.2, 0.25) is 5.95 Å². The topological polar surface area (TPSA) is 99.4 Å². The molecule has 5 rings (SSSR count). The Hall–Kier alpha value is -3.96. The molecule has 1 N–H and O–H groups in total. The highest BCUT2D eigenvalue weighted by atomic mass is 19.4. The van der Waals surface area contributed by atoms with Gasteiger partial charge in [-0.15, -0.1) is 5.10 Å². The molecule has 0 unspecified atom stereocenters. The number of ether oxygens (including phenoxy) is 2. The summed E-state index contributed by atoms with van der Waals surface area (Å²) in [6.07, 6.45) is -1.67. The van der Waals surface area contributed by atoms with Crippen LogP contribution in [0.4, 0.5) is 19.1 Å². The van der Waals surface area contributed by atoms with Crippen molar-refractivity contribution in [3.05, 3.63) is 53.7 Å². The zero-order chi connectivity index (χ0) is 22.3. The summed E-state index contributed by atoms with van der Waals surface area (Å²) in [5.41, 5.74) is 2.38. The number of anilines is 1. The van der Waals surface area contributed by atoms with Crippen LogP contribution in [-0.2, 0) is 12.7 Å². The molecule has 0 fully saturated rings. The van der Waals surface area contributed by atoms with Crippen molar-refractivity contribution in [3.63, 3.8) is 0 Å². The lowest BCUT2D eigenvalue weighted by atomic mass is 10.2. The maximum absolute atomic E-state index is 12.9. The third-order valence-electron chi connectivity index (χ3n) is 4.85. The Balaban J connectivity index is 1.39. The highest BCUT2D eigenvalue weighted by molar-refractivity contribution is 5.63. The van der Waals surface area contributed by atoms with Crippen LogP contribution in [0.1, 0.15) is 17.1 Å². The van der Waals surface area contributed by atoms with Crippen molar-refractivity contribution in [2.24, 2.45) is 0 Å². The first kappa shape index (κ1) is 20.0. The zero-order valence-corrected chi connectivity index (χ0v) is 16.7. The molecule has 4 heterocycles. The van der Waals surface area contributed by atoms with E-state index in [2.05, 4.69) is 30.4 Å². The van der Waals surface area contributed by atoms with Crippen molar-refractivity contribution in [1.82, 2.24) is 29.5 Å². The van der Waals surface area contributed by atoms with Crippen LogP contribution in [0.25, 0.3) is 17.0 Å². The number of aryl methyl sites for hydroxylation is 1. The van der Waals surface area contributed by atoms with Gasteiger partial charge in [0, 0.05) is 24.5 Å². The number of nitrogens with zero attached hydrogens (tertiary/aromatic N) is 6. The lowest BCUT2D eigenvalue weighted by Crippen LogP contribution is -2.15. The van der Waals surface area contributed by atoms with E-state index < -0.39 is 12.0 Å². The number of hydrogen-bond donors (Lipinski definition) is 1. The van der Waals surface area contributed by atoms with Crippen LogP contribution < -0.4 is 14.8 Å². The number of fused-ring (bicyclic) bond motifs is 2. The number of aromatic nitrogens is 6. The van der Waals surface area contributed by atoms with Crippen LogP contribution in [0, 0.1) is 6.92 Å². The van der Waals surface area contributed by atoms with Gasteiger partial charge in [0.15, 0.2) is 11.5 Å². The first-order valence-corrected chi connectivity index (χ1v) is 9.64. The predicted octanol–water partition coefficient (Wildman–Crippen LogP) is 3.29. The summed E-state index contributed by atoms with van der Waals surface area (Å²) in [6, 6.07) is 7.29. The predicted molar refractivity (Wildman–Crippen MR) is 106 cm³/mol. The van der Waals surface area contributed by atoms with Crippen molar-refractivity contribution < 1.29 is 22.6 Å². The van der Waals surface area contributed by atoms with E-state index >= 15 is 0 Å². The minimum atomic E-state index is -4.65. The van der Waals surface area contributed by atoms with Gasteiger partial charge >= 0.3 is 6.18 Å². The van der Waals surface area contributed by atoms with Gasteiger partial charge in [-0.1, -0.05) is 6.07 Å². The molecule has 164 valence electrons. The molecule has 0 saturated heterocycles. The molecule has 12 heteroatoms. The summed E-state index contributed by atoms with van der Waals surface area (Å²) in [7, 11) is 0. The van der Waals surface area contributed by atoms with Gasteiger partial charge in [0.1, 0.15) is 13.2 Å². The van der Waals surface area contributed by atoms with E-state index in [1.54, 1.807) is 19.2 Å². The van der Waals surface area contributed by atoms with E-state index in [1.165, 1.54) is 6.20 Å². The molecule has 1 aliphatic heterocycles. The number of rotatable bonds is 4. The standard InChI is InChI=1S/C20H16F3N7O2/c1-11-13(10-26-19-28-17(20(21,22)23)29-30(11)19)14-4-5-24-18(27-14)25-9-12-2-3-15-16(8-12)32-7-6-31-15/h2-5,8,10H,6-7,9H2,1H3,(H,24,25,27). The minimum Gasteiger partial charge on any atom is -0.486 e. The summed E-state index contributed by atoms with van der Waals surface area (Å²) in [4.78, 5) is 16.1. The van der Waals surface area contributed by atoms with Crippen LogP contribution in [0.5, 0.6) is 11.5 Å². The van der Waals surface area contributed by atoms with E-state index in [0.29, 0.717) is 54.2 Å². The van der Waals surface area contributed by atoms with Crippen LogP contribution in [0.2, 0.25) is 0 Å².